The molecule has 0 aromatic carbocycles. The first-order valence-electron chi connectivity index (χ1n) is 3.22. The lowest BCUT2D eigenvalue weighted by atomic mass is 10.5. The van der Waals surface area contributed by atoms with E-state index in [0.717, 1.165) is 5.75 Å². The van der Waals surface area contributed by atoms with Crippen LogP contribution in [0.4, 0.5) is 4.79 Å². The topological polar surface area (TPSA) is 70.2 Å². The largest absolute Gasteiger partial charge is 0.335 e. The van der Waals surface area contributed by atoms with Crippen molar-refractivity contribution in [3.05, 3.63) is 0 Å². The standard InChI is InChI=1S/C5H9N3O2S/c1-2-11-4-3(9)6-5(10)8-7-4/h4,7H,2H2,1H3,(H2,6,8,9,10). The van der Waals surface area contributed by atoms with Crippen LogP contribution in [-0.4, -0.2) is 23.1 Å². The highest BCUT2D eigenvalue weighted by Gasteiger charge is 2.24. The van der Waals surface area contributed by atoms with E-state index in [1.54, 1.807) is 0 Å². The summed E-state index contributed by atoms with van der Waals surface area (Å²) < 4.78 is 0. The van der Waals surface area contributed by atoms with E-state index in [0.29, 0.717) is 0 Å². The zero-order chi connectivity index (χ0) is 8.27. The fraction of sp³-hybridized carbons (Fsp3) is 0.600. The SMILES string of the molecule is CCSC1NNC(=O)NC1=O. The van der Waals surface area contributed by atoms with E-state index >= 15 is 0 Å². The molecular formula is C5H9N3O2S. The van der Waals surface area contributed by atoms with Gasteiger partial charge in [-0.3, -0.25) is 15.5 Å². The Morgan fingerprint density at radius 2 is 2.27 bits per heavy atom. The van der Waals surface area contributed by atoms with Crippen LogP contribution in [0.3, 0.4) is 0 Å². The molecule has 0 aromatic rings. The summed E-state index contributed by atoms with van der Waals surface area (Å²) in [4.78, 5) is 21.4. The van der Waals surface area contributed by atoms with Crippen molar-refractivity contribution in [2.75, 3.05) is 5.75 Å². The fourth-order valence-electron chi connectivity index (χ4n) is 0.689. The Labute approximate surface area is 68.3 Å². The van der Waals surface area contributed by atoms with E-state index in [1.807, 2.05) is 6.92 Å². The number of hydrogen-bond acceptors (Lipinski definition) is 4. The van der Waals surface area contributed by atoms with E-state index in [9.17, 15) is 9.59 Å². The average Bonchev–Trinajstić information content (AvgIpc) is 1.95. The Balaban J connectivity index is 2.44. The maximum atomic E-state index is 10.9. The third kappa shape index (κ3) is 2.09. The molecule has 0 spiro atoms. The van der Waals surface area contributed by atoms with Crippen LogP contribution in [-0.2, 0) is 4.79 Å². The molecule has 0 radical (unpaired) electrons. The summed E-state index contributed by atoms with van der Waals surface area (Å²) in [6.45, 7) is 1.94. The van der Waals surface area contributed by atoms with E-state index in [1.165, 1.54) is 11.8 Å². The molecule has 3 amide bonds. The van der Waals surface area contributed by atoms with Gasteiger partial charge in [-0.15, -0.1) is 11.8 Å². The third-order valence-electron chi connectivity index (χ3n) is 1.12. The van der Waals surface area contributed by atoms with Gasteiger partial charge >= 0.3 is 6.03 Å². The number of carbonyl (C=O) groups is 2. The zero-order valence-corrected chi connectivity index (χ0v) is 6.83. The van der Waals surface area contributed by atoms with Crippen molar-refractivity contribution in [1.82, 2.24) is 16.2 Å². The molecule has 0 aromatic heterocycles. The van der Waals surface area contributed by atoms with Gasteiger partial charge in [0, 0.05) is 0 Å². The Bertz CT molecular complexity index is 185. The van der Waals surface area contributed by atoms with Crippen LogP contribution in [0, 0.1) is 0 Å². The van der Waals surface area contributed by atoms with Gasteiger partial charge in [-0.1, -0.05) is 6.92 Å². The summed E-state index contributed by atoms with van der Waals surface area (Å²) in [6, 6.07) is -0.497. The molecule has 6 heteroatoms. The smallest absolute Gasteiger partial charge is 0.275 e. The van der Waals surface area contributed by atoms with Crippen molar-refractivity contribution < 1.29 is 9.59 Å². The molecule has 5 nitrogen and oxygen atoms in total. The second-order valence-corrected chi connectivity index (χ2v) is 3.31. The minimum absolute atomic E-state index is 0.291. The van der Waals surface area contributed by atoms with Crippen LogP contribution in [0.1, 0.15) is 6.92 Å². The molecule has 0 aliphatic carbocycles. The van der Waals surface area contributed by atoms with Gasteiger partial charge in [0.1, 0.15) is 0 Å². The van der Waals surface area contributed by atoms with Crippen LogP contribution < -0.4 is 16.2 Å². The Morgan fingerprint density at radius 3 is 2.82 bits per heavy atom. The summed E-state index contributed by atoms with van der Waals surface area (Å²) in [5, 5.41) is 1.78. The Morgan fingerprint density at radius 1 is 1.55 bits per heavy atom. The molecule has 1 atom stereocenters. The average molecular weight is 175 g/mol. The second-order valence-electron chi connectivity index (χ2n) is 1.92. The fourth-order valence-corrected chi connectivity index (χ4v) is 1.38. The molecule has 1 saturated heterocycles. The van der Waals surface area contributed by atoms with Crippen LogP contribution in [0.25, 0.3) is 0 Å². The molecule has 1 heterocycles. The number of rotatable bonds is 2. The normalized spacial score (nSPS) is 24.3. The lowest BCUT2D eigenvalue weighted by Gasteiger charge is -2.22. The number of carbonyl (C=O) groups excluding carboxylic acids is 2. The minimum atomic E-state index is -0.497. The van der Waals surface area contributed by atoms with E-state index in [2.05, 4.69) is 16.2 Å². The Kier molecular flexibility index (Phi) is 2.72. The molecule has 11 heavy (non-hydrogen) atoms. The van der Waals surface area contributed by atoms with Crippen molar-refractivity contribution >= 4 is 23.7 Å². The van der Waals surface area contributed by atoms with E-state index in [-0.39, 0.29) is 11.3 Å². The number of amides is 3. The number of urea groups is 1. The van der Waals surface area contributed by atoms with E-state index < -0.39 is 6.03 Å². The summed E-state index contributed by atoms with van der Waals surface area (Å²) >= 11 is 1.42. The van der Waals surface area contributed by atoms with E-state index in [4.69, 9.17) is 0 Å². The number of hydrazine groups is 1. The Hall–Kier alpha value is -0.750. The summed E-state index contributed by atoms with van der Waals surface area (Å²) in [5.74, 6) is 0.529. The molecule has 0 saturated carbocycles. The molecule has 1 rings (SSSR count). The molecule has 1 unspecified atom stereocenters. The monoisotopic (exact) mass is 175 g/mol. The summed E-state index contributed by atoms with van der Waals surface area (Å²) in [6.07, 6.45) is 0. The molecule has 1 fully saturated rings. The maximum absolute atomic E-state index is 10.9. The number of thioether (sulfide) groups is 1. The van der Waals surface area contributed by atoms with Gasteiger partial charge in [0.2, 0.25) is 0 Å². The van der Waals surface area contributed by atoms with Gasteiger partial charge in [-0.25, -0.2) is 10.2 Å². The molecular weight excluding hydrogens is 166 g/mol. The van der Waals surface area contributed by atoms with Crippen molar-refractivity contribution in [1.29, 1.82) is 0 Å². The maximum Gasteiger partial charge on any atom is 0.335 e. The highest BCUT2D eigenvalue weighted by molar-refractivity contribution is 8.00. The lowest BCUT2D eigenvalue weighted by molar-refractivity contribution is -0.120. The summed E-state index contributed by atoms with van der Waals surface area (Å²) in [7, 11) is 0. The highest BCUT2D eigenvalue weighted by atomic mass is 32.2. The van der Waals surface area contributed by atoms with Crippen molar-refractivity contribution in [3.8, 4) is 0 Å². The van der Waals surface area contributed by atoms with Gasteiger partial charge in [0.15, 0.2) is 5.37 Å². The highest BCUT2D eigenvalue weighted by Crippen LogP contribution is 2.07. The quantitative estimate of drug-likeness (QED) is 0.524. The molecule has 1 aliphatic rings. The molecule has 3 N–H and O–H groups in total. The third-order valence-corrected chi connectivity index (χ3v) is 2.12. The van der Waals surface area contributed by atoms with Crippen LogP contribution in [0.2, 0.25) is 0 Å². The molecule has 62 valence electrons. The first kappa shape index (κ1) is 8.35. The van der Waals surface area contributed by atoms with Gasteiger partial charge in [-0.2, -0.15) is 0 Å². The molecule has 1 aliphatic heterocycles. The van der Waals surface area contributed by atoms with Gasteiger partial charge < -0.3 is 0 Å². The van der Waals surface area contributed by atoms with Gasteiger partial charge in [-0.05, 0) is 5.75 Å². The second kappa shape index (κ2) is 3.59. The number of hydrogen-bond donors (Lipinski definition) is 3. The number of imide groups is 1. The first-order chi connectivity index (χ1) is 5.24. The first-order valence-corrected chi connectivity index (χ1v) is 4.27. The van der Waals surface area contributed by atoms with Crippen LogP contribution in [0.5, 0.6) is 0 Å². The predicted molar refractivity (Wildman–Crippen MR) is 41.7 cm³/mol. The number of nitrogens with one attached hydrogen (secondary N) is 3. The summed E-state index contributed by atoms with van der Waals surface area (Å²) in [5.41, 5.74) is 4.88. The van der Waals surface area contributed by atoms with Gasteiger partial charge in [0.25, 0.3) is 5.91 Å². The van der Waals surface area contributed by atoms with Crippen molar-refractivity contribution in [3.63, 3.8) is 0 Å². The lowest BCUT2D eigenvalue weighted by Crippen LogP contribution is -2.61. The molecule has 0 bridgehead atoms. The van der Waals surface area contributed by atoms with Crippen molar-refractivity contribution in [2.24, 2.45) is 0 Å². The van der Waals surface area contributed by atoms with Crippen molar-refractivity contribution in [2.45, 2.75) is 12.3 Å². The zero-order valence-electron chi connectivity index (χ0n) is 6.01. The van der Waals surface area contributed by atoms with Gasteiger partial charge in [0.05, 0.1) is 0 Å². The minimum Gasteiger partial charge on any atom is -0.275 e. The van der Waals surface area contributed by atoms with Crippen LogP contribution in [0.15, 0.2) is 0 Å². The predicted octanol–water partition coefficient (Wildman–Crippen LogP) is -0.590. The van der Waals surface area contributed by atoms with Crippen LogP contribution >= 0.6 is 11.8 Å².